The molecule has 10 heavy (non-hydrogen) atoms. The van der Waals surface area contributed by atoms with Gasteiger partial charge in [0.2, 0.25) is 0 Å². The van der Waals surface area contributed by atoms with Crippen molar-refractivity contribution in [2.75, 3.05) is 0 Å². The first-order chi connectivity index (χ1) is 4.72. The van der Waals surface area contributed by atoms with Crippen molar-refractivity contribution in [2.45, 2.75) is 13.8 Å². The van der Waals surface area contributed by atoms with Crippen LogP contribution in [0, 0.1) is 6.92 Å². The van der Waals surface area contributed by atoms with E-state index in [1.54, 1.807) is 6.92 Å². The Kier molecular flexibility index (Phi) is 1.76. The van der Waals surface area contributed by atoms with Gasteiger partial charge in [0.25, 0.3) is 0 Å². The normalized spacial score (nSPS) is 9.40. The van der Waals surface area contributed by atoms with Crippen molar-refractivity contribution in [3.63, 3.8) is 0 Å². The molecule has 0 bridgehead atoms. The zero-order valence-electron chi connectivity index (χ0n) is 5.96. The second-order valence-electron chi connectivity index (χ2n) is 2.08. The smallest absolute Gasteiger partial charge is 0.163 e. The van der Waals surface area contributed by atoms with Crippen LogP contribution in [0.5, 0.6) is 0 Å². The average Bonchev–Trinajstić information content (AvgIpc) is 1.88. The third kappa shape index (κ3) is 1.18. The van der Waals surface area contributed by atoms with Crippen LogP contribution in [-0.2, 0) is 0 Å². The van der Waals surface area contributed by atoms with Crippen LogP contribution in [0.15, 0.2) is 12.5 Å². The fourth-order valence-electron chi connectivity index (χ4n) is 0.736. The zero-order valence-corrected chi connectivity index (χ0v) is 5.96. The fraction of sp³-hybridized carbons (Fsp3) is 0.286. The van der Waals surface area contributed by atoms with Crippen molar-refractivity contribution in [2.24, 2.45) is 0 Å². The van der Waals surface area contributed by atoms with E-state index in [0.717, 1.165) is 5.69 Å². The van der Waals surface area contributed by atoms with Crippen LogP contribution in [0.1, 0.15) is 23.0 Å². The summed E-state index contributed by atoms with van der Waals surface area (Å²) in [5.74, 6) is 0.0121. The van der Waals surface area contributed by atoms with Crippen LogP contribution in [0.4, 0.5) is 0 Å². The third-order valence-corrected chi connectivity index (χ3v) is 1.29. The molecule has 1 aromatic heterocycles. The van der Waals surface area contributed by atoms with E-state index in [4.69, 9.17) is 0 Å². The highest BCUT2D eigenvalue weighted by atomic mass is 16.1. The summed E-state index contributed by atoms with van der Waals surface area (Å²) < 4.78 is 0. The summed E-state index contributed by atoms with van der Waals surface area (Å²) in [6.07, 6.45) is 2.96. The van der Waals surface area contributed by atoms with Gasteiger partial charge in [-0.05, 0) is 13.8 Å². The van der Waals surface area contributed by atoms with Gasteiger partial charge in [-0.25, -0.2) is 9.97 Å². The first-order valence-electron chi connectivity index (χ1n) is 2.99. The maximum absolute atomic E-state index is 10.8. The molecule has 52 valence electrons. The van der Waals surface area contributed by atoms with Crippen molar-refractivity contribution in [3.8, 4) is 0 Å². The fourth-order valence-corrected chi connectivity index (χ4v) is 0.736. The molecule has 0 N–H and O–H groups in total. The lowest BCUT2D eigenvalue weighted by atomic mass is 10.2. The van der Waals surface area contributed by atoms with Crippen LogP contribution < -0.4 is 0 Å². The quantitative estimate of drug-likeness (QED) is 0.540. The number of carbonyl (C=O) groups excluding carboxylic acids is 1. The van der Waals surface area contributed by atoms with Gasteiger partial charge in [0.15, 0.2) is 5.78 Å². The molecule has 0 atom stereocenters. The van der Waals surface area contributed by atoms with Crippen molar-refractivity contribution in [1.82, 2.24) is 9.97 Å². The lowest BCUT2D eigenvalue weighted by Gasteiger charge is -1.95. The molecule has 0 aliphatic carbocycles. The molecule has 0 amide bonds. The molecule has 0 saturated heterocycles. The standard InChI is InChI=1S/C7H8N2O/c1-5-7(6(2)10)3-8-4-9-5/h3-4H,1-2H3. The SMILES string of the molecule is CC(=O)c1cncnc1C. The number of Topliss-reactive ketones (excluding diaryl/α,β-unsaturated/α-hetero) is 1. The minimum atomic E-state index is 0.0121. The lowest BCUT2D eigenvalue weighted by Crippen LogP contribution is -1.98. The first kappa shape index (κ1) is 6.86. The number of hydrogen-bond donors (Lipinski definition) is 0. The Morgan fingerprint density at radius 3 is 2.70 bits per heavy atom. The number of nitrogens with zero attached hydrogens (tertiary/aromatic N) is 2. The Morgan fingerprint density at radius 1 is 1.60 bits per heavy atom. The molecule has 0 unspecified atom stereocenters. The highest BCUT2D eigenvalue weighted by molar-refractivity contribution is 5.94. The van der Waals surface area contributed by atoms with Gasteiger partial charge >= 0.3 is 0 Å². The maximum atomic E-state index is 10.8. The summed E-state index contributed by atoms with van der Waals surface area (Å²) in [7, 11) is 0. The average molecular weight is 136 g/mol. The minimum absolute atomic E-state index is 0.0121. The molecular formula is C7H8N2O. The summed E-state index contributed by atoms with van der Waals surface area (Å²) in [6.45, 7) is 3.30. The number of aromatic nitrogens is 2. The van der Waals surface area contributed by atoms with Gasteiger partial charge < -0.3 is 0 Å². The molecule has 0 spiro atoms. The summed E-state index contributed by atoms with van der Waals surface area (Å²) >= 11 is 0. The van der Waals surface area contributed by atoms with Crippen LogP contribution in [0.25, 0.3) is 0 Å². The third-order valence-electron chi connectivity index (χ3n) is 1.29. The van der Waals surface area contributed by atoms with E-state index in [2.05, 4.69) is 9.97 Å². The summed E-state index contributed by atoms with van der Waals surface area (Å²) in [6, 6.07) is 0. The highest BCUT2D eigenvalue weighted by Gasteiger charge is 2.02. The molecule has 0 saturated carbocycles. The molecular weight excluding hydrogens is 128 g/mol. The Bertz CT molecular complexity index is 258. The molecule has 1 rings (SSSR count). The minimum Gasteiger partial charge on any atom is -0.294 e. The first-order valence-corrected chi connectivity index (χ1v) is 2.99. The molecule has 0 radical (unpaired) electrons. The number of rotatable bonds is 1. The number of aryl methyl sites for hydroxylation is 1. The van der Waals surface area contributed by atoms with Crippen molar-refractivity contribution in [1.29, 1.82) is 0 Å². The van der Waals surface area contributed by atoms with E-state index in [0.29, 0.717) is 5.56 Å². The van der Waals surface area contributed by atoms with E-state index in [1.165, 1.54) is 19.4 Å². The number of ketones is 1. The molecule has 0 aliphatic rings. The van der Waals surface area contributed by atoms with Gasteiger partial charge in [0.1, 0.15) is 6.33 Å². The molecule has 0 aromatic carbocycles. The van der Waals surface area contributed by atoms with Crippen LogP contribution in [-0.4, -0.2) is 15.8 Å². The maximum Gasteiger partial charge on any atom is 0.163 e. The van der Waals surface area contributed by atoms with Gasteiger partial charge in [0.05, 0.1) is 11.3 Å². The van der Waals surface area contributed by atoms with Crippen molar-refractivity contribution < 1.29 is 4.79 Å². The highest BCUT2D eigenvalue weighted by Crippen LogP contribution is 2.00. The Labute approximate surface area is 59.1 Å². The second kappa shape index (κ2) is 2.56. The van der Waals surface area contributed by atoms with E-state index in [1.807, 2.05) is 0 Å². The van der Waals surface area contributed by atoms with Gasteiger partial charge in [-0.1, -0.05) is 0 Å². The largest absolute Gasteiger partial charge is 0.294 e. The topological polar surface area (TPSA) is 42.9 Å². The molecule has 0 fully saturated rings. The summed E-state index contributed by atoms with van der Waals surface area (Å²) in [4.78, 5) is 18.4. The van der Waals surface area contributed by atoms with Crippen LogP contribution in [0.3, 0.4) is 0 Å². The Balaban J connectivity index is 3.15. The molecule has 3 heteroatoms. The zero-order chi connectivity index (χ0) is 7.56. The van der Waals surface area contributed by atoms with Crippen molar-refractivity contribution >= 4 is 5.78 Å². The van der Waals surface area contributed by atoms with Crippen LogP contribution >= 0.6 is 0 Å². The number of carbonyl (C=O) groups is 1. The molecule has 3 nitrogen and oxygen atoms in total. The molecule has 0 aliphatic heterocycles. The van der Waals surface area contributed by atoms with Crippen molar-refractivity contribution in [3.05, 3.63) is 23.8 Å². The lowest BCUT2D eigenvalue weighted by molar-refractivity contribution is 0.101. The monoisotopic (exact) mass is 136 g/mol. The second-order valence-corrected chi connectivity index (χ2v) is 2.08. The van der Waals surface area contributed by atoms with E-state index < -0.39 is 0 Å². The van der Waals surface area contributed by atoms with Gasteiger partial charge in [-0.3, -0.25) is 4.79 Å². The van der Waals surface area contributed by atoms with E-state index >= 15 is 0 Å². The predicted octanol–water partition coefficient (Wildman–Crippen LogP) is 0.988. The summed E-state index contributed by atoms with van der Waals surface area (Å²) in [5.41, 5.74) is 1.34. The van der Waals surface area contributed by atoms with Gasteiger partial charge in [-0.15, -0.1) is 0 Å². The molecule has 1 heterocycles. The molecule has 1 aromatic rings. The Hall–Kier alpha value is -1.25. The predicted molar refractivity (Wildman–Crippen MR) is 36.8 cm³/mol. The van der Waals surface area contributed by atoms with Gasteiger partial charge in [-0.2, -0.15) is 0 Å². The van der Waals surface area contributed by atoms with Gasteiger partial charge in [0, 0.05) is 6.20 Å². The van der Waals surface area contributed by atoms with Crippen LogP contribution in [0.2, 0.25) is 0 Å². The Morgan fingerprint density at radius 2 is 2.30 bits per heavy atom. The van der Waals surface area contributed by atoms with E-state index in [9.17, 15) is 4.79 Å². The van der Waals surface area contributed by atoms with E-state index in [-0.39, 0.29) is 5.78 Å². The number of hydrogen-bond acceptors (Lipinski definition) is 3. The summed E-state index contributed by atoms with van der Waals surface area (Å²) in [5, 5.41) is 0.